The first-order chi connectivity index (χ1) is 13.8. The minimum atomic E-state index is -0.755. The van der Waals surface area contributed by atoms with Crippen LogP contribution in [0.2, 0.25) is 0 Å². The Kier molecular flexibility index (Phi) is 5.77. The smallest absolute Gasteiger partial charge is 0.319 e. The molecule has 3 rings (SSSR count). The van der Waals surface area contributed by atoms with Crippen LogP contribution in [-0.2, 0) is 4.79 Å². The van der Waals surface area contributed by atoms with Gasteiger partial charge in [0.2, 0.25) is 5.91 Å². The molecule has 0 spiro atoms. The van der Waals surface area contributed by atoms with E-state index in [2.05, 4.69) is 22.5 Å². The lowest BCUT2D eigenvalue weighted by atomic mass is 9.87. The maximum absolute atomic E-state index is 13.2. The number of carbonyl (C=O) groups is 2. The number of hydrogen-bond donors (Lipinski definition) is 3. The van der Waals surface area contributed by atoms with Crippen LogP contribution in [-0.4, -0.2) is 26.2 Å². The molecule has 3 amide bonds. The van der Waals surface area contributed by atoms with Gasteiger partial charge >= 0.3 is 6.03 Å². The summed E-state index contributed by atoms with van der Waals surface area (Å²) in [5.74, 6) is -0.0760. The molecule has 1 aliphatic rings. The first-order valence-corrected chi connectivity index (χ1v) is 9.20. The Balaban J connectivity index is 1.99. The van der Waals surface area contributed by atoms with Crippen LogP contribution in [0.3, 0.4) is 0 Å². The van der Waals surface area contributed by atoms with Crippen LogP contribution in [0.15, 0.2) is 48.7 Å². The Morgan fingerprint density at radius 2 is 1.79 bits per heavy atom. The molecular formula is C22H25N3O4. The average molecular weight is 395 g/mol. The lowest BCUT2D eigenvalue weighted by molar-refractivity contribution is -0.119. The van der Waals surface area contributed by atoms with Gasteiger partial charge in [-0.05, 0) is 43.2 Å². The number of ether oxygens (including phenoxy) is 2. The molecule has 0 unspecified atom stereocenters. The highest BCUT2D eigenvalue weighted by Crippen LogP contribution is 2.40. The summed E-state index contributed by atoms with van der Waals surface area (Å²) in [6, 6.07) is 10.0. The van der Waals surface area contributed by atoms with E-state index in [0.717, 1.165) is 11.1 Å². The second kappa shape index (κ2) is 8.26. The van der Waals surface area contributed by atoms with E-state index in [1.54, 1.807) is 18.2 Å². The van der Waals surface area contributed by atoms with E-state index in [9.17, 15) is 9.59 Å². The Morgan fingerprint density at radius 3 is 2.41 bits per heavy atom. The summed E-state index contributed by atoms with van der Waals surface area (Å²) in [5, 5.41) is 8.37. The Bertz CT molecular complexity index is 950. The molecule has 1 fully saturated rings. The zero-order valence-electron chi connectivity index (χ0n) is 17.0. The van der Waals surface area contributed by atoms with Crippen LogP contribution in [0.1, 0.15) is 22.7 Å². The molecule has 29 heavy (non-hydrogen) atoms. The molecule has 3 N–H and O–H groups in total. The Morgan fingerprint density at radius 1 is 1.10 bits per heavy atom. The highest BCUT2D eigenvalue weighted by Gasteiger charge is 2.39. The quantitative estimate of drug-likeness (QED) is 0.724. The topological polar surface area (TPSA) is 88.7 Å². The molecule has 2 aromatic carbocycles. The number of aryl methyl sites for hydroxylation is 2. The molecule has 7 nitrogen and oxygen atoms in total. The number of carbonyl (C=O) groups excluding carboxylic acids is 2. The lowest BCUT2D eigenvalue weighted by Gasteiger charge is -2.34. The number of benzene rings is 2. The third-order valence-corrected chi connectivity index (χ3v) is 4.81. The molecule has 0 bridgehead atoms. The average Bonchev–Trinajstić information content (AvgIpc) is 2.65. The first kappa shape index (κ1) is 20.3. The van der Waals surface area contributed by atoms with E-state index < -0.39 is 18.0 Å². The van der Waals surface area contributed by atoms with E-state index in [4.69, 9.17) is 9.47 Å². The number of rotatable bonds is 5. The van der Waals surface area contributed by atoms with Gasteiger partial charge in [0.05, 0.1) is 20.3 Å². The van der Waals surface area contributed by atoms with Crippen LogP contribution < -0.4 is 25.4 Å². The summed E-state index contributed by atoms with van der Waals surface area (Å²) >= 11 is 0. The minimum absolute atomic E-state index is 0.289. The fraction of sp³-hybridized carbons (Fsp3) is 0.273. The van der Waals surface area contributed by atoms with Gasteiger partial charge in [-0.15, -0.1) is 0 Å². The van der Waals surface area contributed by atoms with E-state index in [1.807, 2.05) is 32.0 Å². The lowest BCUT2D eigenvalue weighted by Crippen LogP contribution is -2.51. The molecule has 1 saturated heterocycles. The van der Waals surface area contributed by atoms with E-state index in [-0.39, 0.29) is 5.91 Å². The third kappa shape index (κ3) is 4.18. The predicted octanol–water partition coefficient (Wildman–Crippen LogP) is 3.44. The van der Waals surface area contributed by atoms with Crippen molar-refractivity contribution in [1.82, 2.24) is 10.6 Å². The van der Waals surface area contributed by atoms with Crippen LogP contribution >= 0.6 is 0 Å². The summed E-state index contributed by atoms with van der Waals surface area (Å²) in [6.45, 7) is 7.85. The van der Waals surface area contributed by atoms with Crippen molar-refractivity contribution in [2.75, 3.05) is 19.5 Å². The van der Waals surface area contributed by atoms with Crippen molar-refractivity contribution in [3.63, 3.8) is 0 Å². The van der Waals surface area contributed by atoms with E-state index in [1.165, 1.54) is 14.2 Å². The van der Waals surface area contributed by atoms with Gasteiger partial charge in [0.25, 0.3) is 0 Å². The molecule has 7 heteroatoms. The molecule has 0 aromatic heterocycles. The van der Waals surface area contributed by atoms with Crippen molar-refractivity contribution in [2.45, 2.75) is 19.9 Å². The van der Waals surface area contributed by atoms with Crippen molar-refractivity contribution in [3.8, 4) is 11.5 Å². The number of nitrogens with one attached hydrogen (secondary N) is 3. The molecular weight excluding hydrogens is 370 g/mol. The summed E-state index contributed by atoms with van der Waals surface area (Å²) in [5.41, 5.74) is 3.71. The summed E-state index contributed by atoms with van der Waals surface area (Å²) < 4.78 is 10.9. The van der Waals surface area contributed by atoms with Crippen molar-refractivity contribution < 1.29 is 19.1 Å². The highest BCUT2D eigenvalue weighted by molar-refractivity contribution is 5.97. The standard InChI is InChI=1S/C22H25N3O4/c1-12-9-13(2)11-15(10-12)24-21(26)18-14(3)23-22(27)25-19(18)16-7-6-8-17(28-4)20(16)29-5/h6-11,18-19H,3H2,1-2,4-5H3,(H,24,26)(H2,23,25,27)/t18-,19-/m1/s1. The van der Waals surface area contributed by atoms with Crippen molar-refractivity contribution in [3.05, 3.63) is 65.4 Å². The number of hydrogen-bond acceptors (Lipinski definition) is 4. The van der Waals surface area contributed by atoms with Crippen LogP contribution in [0.25, 0.3) is 0 Å². The maximum Gasteiger partial charge on any atom is 0.319 e. The fourth-order valence-corrected chi connectivity index (χ4v) is 3.68. The minimum Gasteiger partial charge on any atom is -0.493 e. The zero-order chi connectivity index (χ0) is 21.1. The summed E-state index contributed by atoms with van der Waals surface area (Å²) in [6.07, 6.45) is 0. The third-order valence-electron chi connectivity index (χ3n) is 4.81. The normalized spacial score (nSPS) is 18.5. The molecule has 0 saturated carbocycles. The largest absolute Gasteiger partial charge is 0.493 e. The van der Waals surface area contributed by atoms with Crippen LogP contribution in [0.4, 0.5) is 10.5 Å². The van der Waals surface area contributed by atoms with Crippen molar-refractivity contribution >= 4 is 17.6 Å². The van der Waals surface area contributed by atoms with Gasteiger partial charge in [0, 0.05) is 16.9 Å². The van der Waals surface area contributed by atoms with Gasteiger partial charge in [0.15, 0.2) is 11.5 Å². The number of amides is 3. The number of methoxy groups -OCH3 is 2. The molecule has 1 aliphatic heterocycles. The number of anilines is 1. The monoisotopic (exact) mass is 395 g/mol. The summed E-state index contributed by atoms with van der Waals surface area (Å²) in [7, 11) is 3.05. The van der Waals surface area contributed by atoms with Crippen LogP contribution in [0.5, 0.6) is 11.5 Å². The van der Waals surface area contributed by atoms with Gasteiger partial charge in [-0.25, -0.2) is 4.79 Å². The molecule has 2 atom stereocenters. The second-order valence-electron chi connectivity index (χ2n) is 7.03. The second-order valence-corrected chi connectivity index (χ2v) is 7.03. The maximum atomic E-state index is 13.2. The Labute approximate surface area is 170 Å². The first-order valence-electron chi connectivity index (χ1n) is 9.20. The number of urea groups is 1. The zero-order valence-corrected chi connectivity index (χ0v) is 17.0. The molecule has 152 valence electrons. The predicted molar refractivity (Wildman–Crippen MR) is 111 cm³/mol. The molecule has 1 heterocycles. The fourth-order valence-electron chi connectivity index (χ4n) is 3.68. The van der Waals surface area contributed by atoms with Gasteiger partial charge in [-0.2, -0.15) is 0 Å². The van der Waals surface area contributed by atoms with Crippen molar-refractivity contribution in [2.24, 2.45) is 5.92 Å². The number of para-hydroxylation sites is 1. The van der Waals surface area contributed by atoms with Gasteiger partial charge in [-0.1, -0.05) is 24.8 Å². The van der Waals surface area contributed by atoms with Crippen LogP contribution in [0, 0.1) is 19.8 Å². The summed E-state index contributed by atoms with van der Waals surface area (Å²) in [4.78, 5) is 25.3. The highest BCUT2D eigenvalue weighted by atomic mass is 16.5. The van der Waals surface area contributed by atoms with Gasteiger partial charge < -0.3 is 25.4 Å². The van der Waals surface area contributed by atoms with E-state index in [0.29, 0.717) is 28.4 Å². The molecule has 2 aromatic rings. The van der Waals surface area contributed by atoms with Crippen molar-refractivity contribution in [1.29, 1.82) is 0 Å². The molecule has 0 aliphatic carbocycles. The van der Waals surface area contributed by atoms with E-state index >= 15 is 0 Å². The van der Waals surface area contributed by atoms with Gasteiger partial charge in [-0.3, -0.25) is 4.79 Å². The van der Waals surface area contributed by atoms with Gasteiger partial charge in [0.1, 0.15) is 5.92 Å². The Hall–Kier alpha value is -3.48. The molecule has 0 radical (unpaired) electrons. The SMILES string of the molecule is C=C1NC(=O)N[C@H](c2cccc(OC)c2OC)[C@@H]1C(=O)Nc1cc(C)cc(C)c1.